The topological polar surface area (TPSA) is 73.2 Å². The predicted octanol–water partition coefficient (Wildman–Crippen LogP) is 1.04. The van der Waals surface area contributed by atoms with E-state index < -0.39 is 5.97 Å². The quantitative estimate of drug-likeness (QED) is 0.825. The fraction of sp³-hybridized carbons (Fsp3) is 0.615. The minimum atomic E-state index is -0.478. The number of esters is 1. The molecule has 1 N–H and O–H groups in total. The molecule has 1 heterocycles. The molecule has 104 valence electrons. The van der Waals surface area contributed by atoms with Gasteiger partial charge in [-0.3, -0.25) is 4.79 Å². The maximum atomic E-state index is 12.0. The lowest BCUT2D eigenvalue weighted by Crippen LogP contribution is -2.36. The number of nitrogens with zero attached hydrogens (tertiary/aromatic N) is 2. The highest BCUT2D eigenvalue weighted by molar-refractivity contribution is 5.88. The zero-order chi connectivity index (χ0) is 13.8. The molecule has 1 aliphatic carbocycles. The molecule has 0 atom stereocenters. The van der Waals surface area contributed by atoms with Crippen molar-refractivity contribution in [3.05, 3.63) is 17.7 Å². The maximum Gasteiger partial charge on any atom is 0.356 e. The van der Waals surface area contributed by atoms with Crippen molar-refractivity contribution >= 4 is 11.9 Å². The third-order valence-electron chi connectivity index (χ3n) is 3.47. The molecule has 2 rings (SSSR count). The van der Waals surface area contributed by atoms with Crippen LogP contribution in [0, 0.1) is 6.92 Å². The molecule has 1 amide bonds. The summed E-state index contributed by atoms with van der Waals surface area (Å²) < 4.78 is 6.25. The molecule has 0 aromatic carbocycles. The van der Waals surface area contributed by atoms with Crippen LogP contribution in [-0.4, -0.2) is 34.6 Å². The van der Waals surface area contributed by atoms with E-state index in [4.69, 9.17) is 0 Å². The minimum absolute atomic E-state index is 0.0850. The van der Waals surface area contributed by atoms with Gasteiger partial charge in [-0.1, -0.05) is 12.8 Å². The molecule has 1 aromatic rings. The number of nitrogens with one attached hydrogen (secondary N) is 1. The Bertz CT molecular complexity index is 475. The van der Waals surface area contributed by atoms with Crippen LogP contribution in [0.5, 0.6) is 0 Å². The Morgan fingerprint density at radius 1 is 1.47 bits per heavy atom. The summed E-state index contributed by atoms with van der Waals surface area (Å²) in [5.41, 5.74) is 0.307. The lowest BCUT2D eigenvalue weighted by molar-refractivity contribution is -0.122. The van der Waals surface area contributed by atoms with Crippen LogP contribution in [0.3, 0.4) is 0 Å². The van der Waals surface area contributed by atoms with E-state index >= 15 is 0 Å². The van der Waals surface area contributed by atoms with Crippen molar-refractivity contribution in [3.63, 3.8) is 0 Å². The molecule has 0 aliphatic heterocycles. The van der Waals surface area contributed by atoms with Gasteiger partial charge in [0.2, 0.25) is 5.91 Å². The van der Waals surface area contributed by atoms with Gasteiger partial charge in [-0.15, -0.1) is 0 Å². The zero-order valence-electron chi connectivity index (χ0n) is 11.3. The zero-order valence-corrected chi connectivity index (χ0v) is 11.3. The van der Waals surface area contributed by atoms with Crippen molar-refractivity contribution < 1.29 is 14.3 Å². The van der Waals surface area contributed by atoms with E-state index in [0.29, 0.717) is 11.5 Å². The van der Waals surface area contributed by atoms with E-state index in [0.717, 1.165) is 12.8 Å². The Kier molecular flexibility index (Phi) is 4.19. The van der Waals surface area contributed by atoms with Gasteiger partial charge in [-0.05, 0) is 19.8 Å². The van der Waals surface area contributed by atoms with Crippen LogP contribution in [0.15, 0.2) is 6.20 Å². The Hall–Kier alpha value is -1.85. The summed E-state index contributed by atoms with van der Waals surface area (Å²) in [6.45, 7) is 1.86. The van der Waals surface area contributed by atoms with Crippen LogP contribution < -0.4 is 5.32 Å². The lowest BCUT2D eigenvalue weighted by Gasteiger charge is -2.13. The van der Waals surface area contributed by atoms with E-state index in [1.807, 2.05) is 0 Å². The molecule has 6 nitrogen and oxygen atoms in total. The number of rotatable bonds is 4. The Balaban J connectivity index is 2.03. The molecule has 0 unspecified atom stereocenters. The lowest BCUT2D eigenvalue weighted by atomic mass is 10.2. The Morgan fingerprint density at radius 3 is 2.79 bits per heavy atom. The first-order chi connectivity index (χ1) is 9.11. The normalized spacial score (nSPS) is 15.5. The van der Waals surface area contributed by atoms with Crippen molar-refractivity contribution in [2.45, 2.75) is 45.2 Å². The number of carbonyl (C=O) groups excluding carboxylic acids is 2. The average molecular weight is 265 g/mol. The van der Waals surface area contributed by atoms with E-state index in [1.54, 1.807) is 11.5 Å². The Morgan fingerprint density at radius 2 is 2.16 bits per heavy atom. The average Bonchev–Trinajstić information content (AvgIpc) is 3.00. The van der Waals surface area contributed by atoms with Crippen molar-refractivity contribution in [1.29, 1.82) is 0 Å². The van der Waals surface area contributed by atoms with Crippen LogP contribution in [0.4, 0.5) is 0 Å². The molecular formula is C13H19N3O3. The van der Waals surface area contributed by atoms with Gasteiger partial charge < -0.3 is 14.6 Å². The van der Waals surface area contributed by atoms with Crippen molar-refractivity contribution in [2.75, 3.05) is 7.11 Å². The highest BCUT2D eigenvalue weighted by atomic mass is 16.5. The van der Waals surface area contributed by atoms with Crippen LogP contribution in [0.2, 0.25) is 0 Å². The van der Waals surface area contributed by atoms with E-state index in [1.165, 1.54) is 26.1 Å². The first-order valence-corrected chi connectivity index (χ1v) is 6.51. The first kappa shape index (κ1) is 13.6. The Labute approximate surface area is 112 Å². The van der Waals surface area contributed by atoms with Crippen molar-refractivity contribution in [3.8, 4) is 0 Å². The van der Waals surface area contributed by atoms with Crippen molar-refractivity contribution in [1.82, 2.24) is 14.9 Å². The standard InChI is InChI=1S/C13H19N3O3/c1-9-14-7-11(13(18)19-2)16(9)8-12(17)15-10-5-3-4-6-10/h7,10H,3-6,8H2,1-2H3,(H,15,17). The van der Waals surface area contributed by atoms with Gasteiger partial charge in [0.05, 0.1) is 13.3 Å². The molecule has 6 heteroatoms. The van der Waals surface area contributed by atoms with Crippen LogP contribution in [0.1, 0.15) is 42.0 Å². The number of hydrogen-bond acceptors (Lipinski definition) is 4. The number of aromatic nitrogens is 2. The number of ether oxygens (including phenoxy) is 1. The number of carbonyl (C=O) groups is 2. The van der Waals surface area contributed by atoms with Crippen LogP contribution >= 0.6 is 0 Å². The van der Waals surface area contributed by atoms with Gasteiger partial charge in [0.25, 0.3) is 0 Å². The second kappa shape index (κ2) is 5.86. The number of imidazole rings is 1. The van der Waals surface area contributed by atoms with Crippen molar-refractivity contribution in [2.24, 2.45) is 0 Å². The third kappa shape index (κ3) is 3.13. The molecule has 0 saturated heterocycles. The molecule has 0 radical (unpaired) electrons. The summed E-state index contributed by atoms with van der Waals surface area (Å²) in [5, 5.41) is 2.99. The van der Waals surface area contributed by atoms with E-state index in [-0.39, 0.29) is 18.5 Å². The highest BCUT2D eigenvalue weighted by Crippen LogP contribution is 2.17. The SMILES string of the molecule is COC(=O)c1cnc(C)n1CC(=O)NC1CCCC1. The fourth-order valence-corrected chi connectivity index (χ4v) is 2.42. The number of hydrogen-bond donors (Lipinski definition) is 1. The number of amides is 1. The molecule has 1 fully saturated rings. The second-order valence-corrected chi connectivity index (χ2v) is 4.82. The summed E-state index contributed by atoms with van der Waals surface area (Å²) in [7, 11) is 1.31. The molecule has 1 aromatic heterocycles. The number of methoxy groups -OCH3 is 1. The van der Waals surface area contributed by atoms with Crippen LogP contribution in [-0.2, 0) is 16.1 Å². The highest BCUT2D eigenvalue weighted by Gasteiger charge is 2.20. The molecule has 0 spiro atoms. The fourth-order valence-electron chi connectivity index (χ4n) is 2.42. The van der Waals surface area contributed by atoms with Gasteiger partial charge in [0, 0.05) is 6.04 Å². The maximum absolute atomic E-state index is 12.0. The summed E-state index contributed by atoms with van der Waals surface area (Å²) in [6.07, 6.45) is 5.85. The molecule has 19 heavy (non-hydrogen) atoms. The third-order valence-corrected chi connectivity index (χ3v) is 3.47. The number of aryl methyl sites for hydroxylation is 1. The predicted molar refractivity (Wildman–Crippen MR) is 68.7 cm³/mol. The van der Waals surface area contributed by atoms with E-state index in [2.05, 4.69) is 15.0 Å². The van der Waals surface area contributed by atoms with Gasteiger partial charge in [-0.25, -0.2) is 9.78 Å². The van der Waals surface area contributed by atoms with Gasteiger partial charge in [-0.2, -0.15) is 0 Å². The summed E-state index contributed by atoms with van der Waals surface area (Å²) in [5.74, 6) is 0.0643. The molecular weight excluding hydrogens is 246 g/mol. The van der Waals surface area contributed by atoms with E-state index in [9.17, 15) is 9.59 Å². The second-order valence-electron chi connectivity index (χ2n) is 4.82. The summed E-state index contributed by atoms with van der Waals surface area (Å²) in [4.78, 5) is 27.6. The largest absolute Gasteiger partial charge is 0.464 e. The smallest absolute Gasteiger partial charge is 0.356 e. The molecule has 0 bridgehead atoms. The first-order valence-electron chi connectivity index (χ1n) is 6.51. The summed E-state index contributed by atoms with van der Waals surface area (Å²) in [6, 6.07) is 0.276. The van der Waals surface area contributed by atoms with Gasteiger partial charge >= 0.3 is 5.97 Å². The van der Waals surface area contributed by atoms with Gasteiger partial charge in [0.1, 0.15) is 18.1 Å². The minimum Gasteiger partial charge on any atom is -0.464 e. The molecule has 1 aliphatic rings. The monoisotopic (exact) mass is 265 g/mol. The summed E-state index contributed by atoms with van der Waals surface area (Å²) >= 11 is 0. The molecule has 1 saturated carbocycles. The van der Waals surface area contributed by atoms with Crippen LogP contribution in [0.25, 0.3) is 0 Å². The van der Waals surface area contributed by atoms with Gasteiger partial charge in [0.15, 0.2) is 0 Å².